The van der Waals surface area contributed by atoms with Crippen LogP contribution in [-0.4, -0.2) is 36.4 Å². The van der Waals surface area contributed by atoms with Gasteiger partial charge >= 0.3 is 0 Å². The topological polar surface area (TPSA) is 103 Å². The summed E-state index contributed by atoms with van der Waals surface area (Å²) in [6.45, 7) is 6.78. The third-order valence-electron chi connectivity index (χ3n) is 5.61. The highest BCUT2D eigenvalue weighted by molar-refractivity contribution is 5.95. The third kappa shape index (κ3) is 3.65. The molecular formula is C22H24FN7. The lowest BCUT2D eigenvalue weighted by molar-refractivity contribution is 0.567. The molecule has 2 aromatic carbocycles. The van der Waals surface area contributed by atoms with Crippen molar-refractivity contribution < 1.29 is 4.39 Å². The molecule has 0 unspecified atom stereocenters. The lowest BCUT2D eigenvalue weighted by Gasteiger charge is -2.30. The van der Waals surface area contributed by atoms with Gasteiger partial charge < -0.3 is 21.3 Å². The van der Waals surface area contributed by atoms with Gasteiger partial charge in [-0.25, -0.2) is 4.39 Å². The number of rotatable bonds is 4. The number of hydrogen-bond acceptors (Lipinski definition) is 7. The number of hydrogen-bond donors (Lipinski definition) is 3. The predicted molar refractivity (Wildman–Crippen MR) is 116 cm³/mol. The fourth-order valence-electron chi connectivity index (χ4n) is 3.88. The molecule has 0 bridgehead atoms. The fraction of sp³-hybridized carbons (Fsp3) is 0.318. The van der Waals surface area contributed by atoms with Gasteiger partial charge in [-0.3, -0.25) is 0 Å². The Kier molecular flexibility index (Phi) is 5.48. The summed E-state index contributed by atoms with van der Waals surface area (Å²) in [5.74, 6) is 0.217. The number of aryl methyl sites for hydroxylation is 1. The Hall–Kier alpha value is -3.28. The molecule has 2 heterocycles. The molecule has 1 aromatic heterocycles. The summed E-state index contributed by atoms with van der Waals surface area (Å²) in [6.07, 6.45) is -0.591. The van der Waals surface area contributed by atoms with Gasteiger partial charge in [0.15, 0.2) is 5.82 Å². The number of anilines is 2. The molecule has 7 nitrogen and oxygen atoms in total. The van der Waals surface area contributed by atoms with E-state index in [4.69, 9.17) is 5.73 Å². The van der Waals surface area contributed by atoms with Crippen molar-refractivity contribution in [2.24, 2.45) is 5.73 Å². The zero-order chi connectivity index (χ0) is 21.3. The molecule has 4 rings (SSSR count). The molecule has 30 heavy (non-hydrogen) atoms. The summed E-state index contributed by atoms with van der Waals surface area (Å²) in [5, 5.41) is 25.7. The molecule has 3 aromatic rings. The standard InChI is InChI=1S/C22H24FN7/c1-13-15(12-24)4-3-5-16(13)21(25)27-22-18-11-20(30-8-6-26-7-9-30)19(23)10-17(18)14(2)28-29-22/h3-5,10-11,21,26H,6-9,25H2,1-2H3,(H,27,29)/t21-/m0/s1. The molecule has 0 spiro atoms. The van der Waals surface area contributed by atoms with Crippen molar-refractivity contribution in [1.82, 2.24) is 15.5 Å². The lowest BCUT2D eigenvalue weighted by Crippen LogP contribution is -2.43. The number of benzene rings is 2. The Morgan fingerprint density at radius 3 is 2.70 bits per heavy atom. The third-order valence-corrected chi connectivity index (χ3v) is 5.61. The molecule has 1 saturated heterocycles. The van der Waals surface area contributed by atoms with Gasteiger partial charge in [-0.15, -0.1) is 5.10 Å². The van der Waals surface area contributed by atoms with E-state index in [0.717, 1.165) is 42.7 Å². The van der Waals surface area contributed by atoms with Crippen LogP contribution in [0, 0.1) is 31.0 Å². The fourth-order valence-corrected chi connectivity index (χ4v) is 3.88. The van der Waals surface area contributed by atoms with Gasteiger partial charge in [0.2, 0.25) is 0 Å². The average Bonchev–Trinajstić information content (AvgIpc) is 2.76. The van der Waals surface area contributed by atoms with Crippen molar-refractivity contribution in [2.45, 2.75) is 20.0 Å². The van der Waals surface area contributed by atoms with Crippen LogP contribution in [0.5, 0.6) is 0 Å². The summed E-state index contributed by atoms with van der Waals surface area (Å²) >= 11 is 0. The van der Waals surface area contributed by atoms with Crippen molar-refractivity contribution in [3.05, 3.63) is 58.5 Å². The van der Waals surface area contributed by atoms with Crippen molar-refractivity contribution in [1.29, 1.82) is 5.26 Å². The number of nitrogens with zero attached hydrogens (tertiary/aromatic N) is 4. The minimum Gasteiger partial charge on any atom is -0.367 e. The molecule has 0 aliphatic carbocycles. The molecule has 4 N–H and O–H groups in total. The average molecular weight is 405 g/mol. The number of aromatic nitrogens is 2. The summed E-state index contributed by atoms with van der Waals surface area (Å²) in [4.78, 5) is 2.03. The summed E-state index contributed by atoms with van der Waals surface area (Å²) in [6, 6.07) is 11.0. The summed E-state index contributed by atoms with van der Waals surface area (Å²) in [7, 11) is 0. The second-order valence-electron chi connectivity index (χ2n) is 7.47. The number of fused-ring (bicyclic) bond motifs is 1. The van der Waals surface area contributed by atoms with Crippen LogP contribution >= 0.6 is 0 Å². The highest BCUT2D eigenvalue weighted by Gasteiger charge is 2.19. The number of nitriles is 1. The molecule has 1 aliphatic heterocycles. The first-order chi connectivity index (χ1) is 14.5. The zero-order valence-electron chi connectivity index (χ0n) is 17.0. The van der Waals surface area contributed by atoms with Crippen LogP contribution < -0.4 is 21.3 Å². The molecular weight excluding hydrogens is 381 g/mol. The molecule has 0 radical (unpaired) electrons. The Morgan fingerprint density at radius 2 is 1.97 bits per heavy atom. The Morgan fingerprint density at radius 1 is 1.20 bits per heavy atom. The second kappa shape index (κ2) is 8.22. The molecule has 0 saturated carbocycles. The van der Waals surface area contributed by atoms with Crippen LogP contribution in [-0.2, 0) is 0 Å². The molecule has 8 heteroatoms. The number of nitrogens with one attached hydrogen (secondary N) is 2. The van der Waals surface area contributed by atoms with Gasteiger partial charge in [-0.05, 0) is 43.2 Å². The van der Waals surface area contributed by atoms with Gasteiger partial charge in [0.05, 0.1) is 23.0 Å². The maximum atomic E-state index is 14.9. The summed E-state index contributed by atoms with van der Waals surface area (Å²) < 4.78 is 14.9. The zero-order valence-corrected chi connectivity index (χ0v) is 17.0. The van der Waals surface area contributed by atoms with Gasteiger partial charge in [-0.2, -0.15) is 10.4 Å². The van der Waals surface area contributed by atoms with Gasteiger partial charge in [-0.1, -0.05) is 12.1 Å². The highest BCUT2D eigenvalue weighted by Crippen LogP contribution is 2.32. The normalized spacial score (nSPS) is 15.1. The number of piperazine rings is 1. The molecule has 1 aliphatic rings. The largest absolute Gasteiger partial charge is 0.367 e. The van der Waals surface area contributed by atoms with E-state index in [2.05, 4.69) is 26.9 Å². The monoisotopic (exact) mass is 405 g/mol. The number of nitrogens with two attached hydrogens (primary N) is 1. The molecule has 1 fully saturated rings. The van der Waals surface area contributed by atoms with E-state index >= 15 is 0 Å². The van der Waals surface area contributed by atoms with Gasteiger partial charge in [0.1, 0.15) is 12.0 Å². The van der Waals surface area contributed by atoms with Crippen LogP contribution in [0.3, 0.4) is 0 Å². The molecule has 1 atom stereocenters. The van der Waals surface area contributed by atoms with Crippen LogP contribution in [0.2, 0.25) is 0 Å². The van der Waals surface area contributed by atoms with Crippen molar-refractivity contribution in [3.8, 4) is 6.07 Å². The van der Waals surface area contributed by atoms with Crippen LogP contribution in [0.1, 0.15) is 28.6 Å². The Balaban J connectivity index is 1.75. The maximum absolute atomic E-state index is 14.9. The minimum absolute atomic E-state index is 0.270. The first kappa shape index (κ1) is 20.0. The van der Waals surface area contributed by atoms with E-state index < -0.39 is 6.17 Å². The van der Waals surface area contributed by atoms with Crippen molar-refractivity contribution in [2.75, 3.05) is 36.4 Å². The van der Waals surface area contributed by atoms with E-state index in [1.54, 1.807) is 12.1 Å². The Bertz CT molecular complexity index is 1130. The minimum atomic E-state index is -0.591. The summed E-state index contributed by atoms with van der Waals surface area (Å²) in [5.41, 5.74) is 9.81. The van der Waals surface area contributed by atoms with Crippen LogP contribution in [0.25, 0.3) is 10.8 Å². The van der Waals surface area contributed by atoms with Gasteiger partial charge in [0.25, 0.3) is 0 Å². The van der Waals surface area contributed by atoms with E-state index in [0.29, 0.717) is 28.1 Å². The SMILES string of the molecule is Cc1c(C#N)cccc1[C@@H](N)Nc1nnc(C)c2cc(F)c(N3CCNCC3)cc12. The van der Waals surface area contributed by atoms with Crippen LogP contribution in [0.15, 0.2) is 30.3 Å². The second-order valence-corrected chi connectivity index (χ2v) is 7.47. The van der Waals surface area contributed by atoms with E-state index in [9.17, 15) is 9.65 Å². The first-order valence-electron chi connectivity index (χ1n) is 9.93. The maximum Gasteiger partial charge on any atom is 0.158 e. The first-order valence-corrected chi connectivity index (χ1v) is 9.93. The quantitative estimate of drug-likeness (QED) is 0.574. The lowest BCUT2D eigenvalue weighted by atomic mass is 10.0. The number of halogens is 1. The van der Waals surface area contributed by atoms with Crippen molar-refractivity contribution in [3.63, 3.8) is 0 Å². The Labute approximate surface area is 174 Å². The smallest absolute Gasteiger partial charge is 0.158 e. The van der Waals surface area contributed by atoms with Gasteiger partial charge in [0, 0.05) is 37.0 Å². The van der Waals surface area contributed by atoms with Crippen molar-refractivity contribution >= 4 is 22.3 Å². The van der Waals surface area contributed by atoms with E-state index in [1.165, 1.54) is 6.07 Å². The van der Waals surface area contributed by atoms with E-state index in [-0.39, 0.29) is 5.82 Å². The van der Waals surface area contributed by atoms with Crippen LogP contribution in [0.4, 0.5) is 15.9 Å². The highest BCUT2D eigenvalue weighted by atomic mass is 19.1. The predicted octanol–water partition coefficient (Wildman–Crippen LogP) is 2.74. The molecule has 154 valence electrons. The molecule has 0 amide bonds. The van der Waals surface area contributed by atoms with E-state index in [1.807, 2.05) is 30.9 Å².